The average molecular weight is 301 g/mol. The molecule has 3 N–H and O–H groups in total. The molecule has 3 nitrogen and oxygen atoms in total. The third kappa shape index (κ3) is 4.03. The average Bonchev–Trinajstić information content (AvgIpc) is 2.47. The van der Waals surface area contributed by atoms with E-state index in [-0.39, 0.29) is 6.61 Å². The van der Waals surface area contributed by atoms with Crippen molar-refractivity contribution >= 4 is 17.2 Å². The summed E-state index contributed by atoms with van der Waals surface area (Å²) in [6, 6.07) is 13.6. The van der Waals surface area contributed by atoms with Crippen molar-refractivity contribution < 1.29 is 9.84 Å². The Morgan fingerprint density at radius 3 is 2.62 bits per heavy atom. The Hall–Kier alpha value is -1.91. The van der Waals surface area contributed by atoms with Crippen molar-refractivity contribution in [3.63, 3.8) is 0 Å². The van der Waals surface area contributed by atoms with Gasteiger partial charge in [-0.15, -0.1) is 0 Å². The first-order valence-electron chi connectivity index (χ1n) is 6.82. The molecule has 2 aromatic carbocycles. The molecule has 110 valence electrons. The van der Waals surface area contributed by atoms with Crippen LogP contribution in [-0.2, 0) is 13.0 Å². The van der Waals surface area contributed by atoms with Crippen LogP contribution in [0.1, 0.15) is 22.3 Å². The van der Waals surface area contributed by atoms with E-state index >= 15 is 0 Å². The molecule has 0 saturated carbocycles. The van der Waals surface area contributed by atoms with Crippen molar-refractivity contribution in [2.45, 2.75) is 20.0 Å². The highest BCUT2D eigenvalue weighted by atomic mass is 32.1. The van der Waals surface area contributed by atoms with Crippen molar-refractivity contribution in [2.24, 2.45) is 5.73 Å². The molecule has 0 fully saturated rings. The van der Waals surface area contributed by atoms with Crippen molar-refractivity contribution in [3.8, 4) is 5.75 Å². The number of benzene rings is 2. The monoisotopic (exact) mass is 301 g/mol. The summed E-state index contributed by atoms with van der Waals surface area (Å²) < 4.78 is 5.88. The Kier molecular flexibility index (Phi) is 5.31. The van der Waals surface area contributed by atoms with Crippen molar-refractivity contribution in [1.82, 2.24) is 0 Å². The second-order valence-corrected chi connectivity index (χ2v) is 5.32. The fourth-order valence-electron chi connectivity index (χ4n) is 2.14. The number of aryl methyl sites for hydroxylation is 1. The van der Waals surface area contributed by atoms with Crippen molar-refractivity contribution in [2.75, 3.05) is 6.61 Å². The van der Waals surface area contributed by atoms with Crippen LogP contribution in [0, 0.1) is 6.92 Å². The first-order chi connectivity index (χ1) is 10.1. The van der Waals surface area contributed by atoms with E-state index in [2.05, 4.69) is 0 Å². The smallest absolute Gasteiger partial charge is 0.123 e. The topological polar surface area (TPSA) is 55.5 Å². The molecule has 0 saturated heterocycles. The number of nitrogens with two attached hydrogens (primary N) is 1. The molecule has 0 radical (unpaired) electrons. The van der Waals surface area contributed by atoms with Gasteiger partial charge in [0.1, 0.15) is 17.3 Å². The van der Waals surface area contributed by atoms with Gasteiger partial charge < -0.3 is 15.6 Å². The zero-order chi connectivity index (χ0) is 15.2. The van der Waals surface area contributed by atoms with Crippen molar-refractivity contribution in [1.29, 1.82) is 0 Å². The lowest BCUT2D eigenvalue weighted by atomic mass is 10.1. The van der Waals surface area contributed by atoms with Gasteiger partial charge in [0.15, 0.2) is 0 Å². The van der Waals surface area contributed by atoms with Gasteiger partial charge in [-0.05, 0) is 42.2 Å². The zero-order valence-corrected chi connectivity index (χ0v) is 12.8. The van der Waals surface area contributed by atoms with Crippen LogP contribution in [0.5, 0.6) is 5.75 Å². The highest BCUT2D eigenvalue weighted by Crippen LogP contribution is 2.21. The standard InChI is InChI=1S/C17H19NO2S/c1-12-10-14(17(18)21)6-7-15(12)11-20-16-5-3-2-4-13(16)8-9-19/h2-7,10,19H,8-9,11H2,1H3,(H2,18,21). The van der Waals surface area contributed by atoms with Crippen LogP contribution in [0.2, 0.25) is 0 Å². The van der Waals surface area contributed by atoms with E-state index in [1.54, 1.807) is 0 Å². The number of hydrogen-bond acceptors (Lipinski definition) is 3. The van der Waals surface area contributed by atoms with E-state index in [1.165, 1.54) is 0 Å². The molecule has 0 aliphatic rings. The molecular weight excluding hydrogens is 282 g/mol. The molecule has 0 spiro atoms. The number of hydrogen-bond donors (Lipinski definition) is 2. The summed E-state index contributed by atoms with van der Waals surface area (Å²) in [5.41, 5.74) is 9.70. The number of ether oxygens (including phenoxy) is 1. The first-order valence-corrected chi connectivity index (χ1v) is 7.23. The fourth-order valence-corrected chi connectivity index (χ4v) is 2.27. The van der Waals surface area contributed by atoms with E-state index in [0.717, 1.165) is 28.0 Å². The Balaban J connectivity index is 2.11. The van der Waals surface area contributed by atoms with E-state index in [1.807, 2.05) is 49.4 Å². The lowest BCUT2D eigenvalue weighted by Gasteiger charge is -2.13. The van der Waals surface area contributed by atoms with E-state index in [4.69, 9.17) is 27.8 Å². The predicted molar refractivity (Wildman–Crippen MR) is 88.6 cm³/mol. The van der Waals surface area contributed by atoms with Gasteiger partial charge >= 0.3 is 0 Å². The van der Waals surface area contributed by atoms with Gasteiger partial charge in [-0.2, -0.15) is 0 Å². The van der Waals surface area contributed by atoms with Gasteiger partial charge in [0.25, 0.3) is 0 Å². The SMILES string of the molecule is Cc1cc(C(N)=S)ccc1COc1ccccc1CCO. The van der Waals surface area contributed by atoms with Gasteiger partial charge in [-0.25, -0.2) is 0 Å². The highest BCUT2D eigenvalue weighted by Gasteiger charge is 2.06. The van der Waals surface area contributed by atoms with E-state index in [9.17, 15) is 0 Å². The Morgan fingerprint density at radius 2 is 1.95 bits per heavy atom. The molecule has 0 heterocycles. The van der Waals surface area contributed by atoms with Gasteiger partial charge in [0.2, 0.25) is 0 Å². The third-order valence-corrected chi connectivity index (χ3v) is 3.60. The van der Waals surface area contributed by atoms with Crippen LogP contribution in [0.15, 0.2) is 42.5 Å². The van der Waals surface area contributed by atoms with E-state index < -0.39 is 0 Å². The maximum atomic E-state index is 9.08. The van der Waals surface area contributed by atoms with Crippen LogP contribution in [0.25, 0.3) is 0 Å². The van der Waals surface area contributed by atoms with E-state index in [0.29, 0.717) is 18.0 Å². The lowest BCUT2D eigenvalue weighted by Crippen LogP contribution is -2.10. The molecule has 0 unspecified atom stereocenters. The van der Waals surface area contributed by atoms with Crippen LogP contribution in [-0.4, -0.2) is 16.7 Å². The molecule has 0 aliphatic heterocycles. The summed E-state index contributed by atoms with van der Waals surface area (Å²) in [6.07, 6.45) is 0.593. The fraction of sp³-hybridized carbons (Fsp3) is 0.235. The quantitative estimate of drug-likeness (QED) is 0.806. The van der Waals surface area contributed by atoms with Gasteiger partial charge in [0, 0.05) is 12.2 Å². The molecule has 0 amide bonds. The van der Waals surface area contributed by atoms with Gasteiger partial charge in [-0.3, -0.25) is 0 Å². The highest BCUT2D eigenvalue weighted by molar-refractivity contribution is 7.80. The normalized spacial score (nSPS) is 10.4. The zero-order valence-electron chi connectivity index (χ0n) is 12.0. The molecular formula is C17H19NO2S. The van der Waals surface area contributed by atoms with Gasteiger partial charge in [0.05, 0.1) is 0 Å². The molecule has 2 aromatic rings. The molecule has 2 rings (SSSR count). The number of aliphatic hydroxyl groups is 1. The van der Waals surface area contributed by atoms with Gasteiger partial charge in [-0.1, -0.05) is 42.5 Å². The molecule has 0 aliphatic carbocycles. The summed E-state index contributed by atoms with van der Waals surface area (Å²) in [5, 5.41) is 9.08. The summed E-state index contributed by atoms with van der Waals surface area (Å²) in [5.74, 6) is 0.810. The minimum atomic E-state index is 0.113. The second-order valence-electron chi connectivity index (χ2n) is 4.88. The van der Waals surface area contributed by atoms with Crippen molar-refractivity contribution in [3.05, 3.63) is 64.7 Å². The first kappa shape index (κ1) is 15.5. The largest absolute Gasteiger partial charge is 0.489 e. The number of thiocarbonyl (C=S) groups is 1. The molecule has 21 heavy (non-hydrogen) atoms. The van der Waals surface area contributed by atoms with Crippen LogP contribution in [0.4, 0.5) is 0 Å². The number of para-hydroxylation sites is 1. The number of aliphatic hydroxyl groups excluding tert-OH is 1. The Morgan fingerprint density at radius 1 is 1.19 bits per heavy atom. The maximum Gasteiger partial charge on any atom is 0.123 e. The number of rotatable bonds is 6. The van der Waals surface area contributed by atoms with Crippen LogP contribution in [0.3, 0.4) is 0 Å². The Bertz CT molecular complexity index is 640. The summed E-state index contributed by atoms with van der Waals surface area (Å²) in [6.45, 7) is 2.61. The summed E-state index contributed by atoms with van der Waals surface area (Å²) in [7, 11) is 0. The third-order valence-electron chi connectivity index (χ3n) is 3.36. The van der Waals surface area contributed by atoms with Crippen LogP contribution < -0.4 is 10.5 Å². The predicted octanol–water partition coefficient (Wildman–Crippen LogP) is 2.74. The Labute approximate surface area is 130 Å². The maximum absolute atomic E-state index is 9.08. The second kappa shape index (κ2) is 7.20. The summed E-state index contributed by atoms with van der Waals surface area (Å²) in [4.78, 5) is 0.402. The summed E-state index contributed by atoms with van der Waals surface area (Å²) >= 11 is 4.98. The minimum Gasteiger partial charge on any atom is -0.489 e. The lowest BCUT2D eigenvalue weighted by molar-refractivity contribution is 0.283. The molecule has 0 atom stereocenters. The minimum absolute atomic E-state index is 0.113. The molecule has 4 heteroatoms. The van der Waals surface area contributed by atoms with Crippen LogP contribution >= 0.6 is 12.2 Å². The molecule has 0 bridgehead atoms. The molecule has 0 aromatic heterocycles.